The van der Waals surface area contributed by atoms with Gasteiger partial charge in [-0.05, 0) is 24.3 Å². The molecule has 0 radical (unpaired) electrons. The Hall–Kier alpha value is -2.74. The van der Waals surface area contributed by atoms with Crippen molar-refractivity contribution < 1.29 is 14.1 Å². The fourth-order valence-corrected chi connectivity index (χ4v) is 2.80. The Balaban J connectivity index is 1.97. The van der Waals surface area contributed by atoms with E-state index in [0.29, 0.717) is 15.6 Å². The standard InChI is InChI=1S/C13H10N4O3S/c18-13(19)15-10-8-17-11(14-10)6-7-12(16-17)21(20)9-4-2-1-3-5-9/h1-8,15H,(H,18,19). The molecule has 2 aromatic heterocycles. The first kappa shape index (κ1) is 13.3. The summed E-state index contributed by atoms with van der Waals surface area (Å²) < 4.78 is 13.8. The number of anilines is 1. The number of aromatic nitrogens is 3. The van der Waals surface area contributed by atoms with E-state index in [1.165, 1.54) is 10.7 Å². The van der Waals surface area contributed by atoms with Gasteiger partial charge in [-0.2, -0.15) is 5.10 Å². The number of hydrogen-bond donors (Lipinski definition) is 2. The average Bonchev–Trinajstić information content (AvgIpc) is 2.87. The normalized spacial score (nSPS) is 12.2. The van der Waals surface area contributed by atoms with Crippen molar-refractivity contribution in [1.29, 1.82) is 0 Å². The van der Waals surface area contributed by atoms with Crippen molar-refractivity contribution in [3.8, 4) is 0 Å². The van der Waals surface area contributed by atoms with Crippen molar-refractivity contribution >= 4 is 28.4 Å². The smallest absolute Gasteiger partial charge is 0.410 e. The molecule has 3 rings (SSSR count). The molecule has 2 N–H and O–H groups in total. The summed E-state index contributed by atoms with van der Waals surface area (Å²) in [5.74, 6) is 0.164. The molecule has 1 unspecified atom stereocenters. The van der Waals surface area contributed by atoms with E-state index in [1.807, 2.05) is 6.07 Å². The second kappa shape index (κ2) is 5.33. The van der Waals surface area contributed by atoms with Crippen LogP contribution in [0.15, 0.2) is 58.6 Å². The number of nitrogens with one attached hydrogen (secondary N) is 1. The highest BCUT2D eigenvalue weighted by Gasteiger charge is 2.11. The molecule has 106 valence electrons. The van der Waals surface area contributed by atoms with Gasteiger partial charge in [-0.1, -0.05) is 18.2 Å². The van der Waals surface area contributed by atoms with Gasteiger partial charge < -0.3 is 5.11 Å². The Morgan fingerprint density at radius 2 is 1.95 bits per heavy atom. The molecule has 7 nitrogen and oxygen atoms in total. The lowest BCUT2D eigenvalue weighted by Crippen LogP contribution is -2.07. The summed E-state index contributed by atoms with van der Waals surface area (Å²) in [6, 6.07) is 12.2. The summed E-state index contributed by atoms with van der Waals surface area (Å²) in [6.07, 6.45) is 0.223. The minimum absolute atomic E-state index is 0.164. The van der Waals surface area contributed by atoms with Gasteiger partial charge in [0.1, 0.15) is 10.8 Å². The third-order valence-electron chi connectivity index (χ3n) is 2.68. The second-order valence-electron chi connectivity index (χ2n) is 4.11. The Labute approximate surface area is 121 Å². The minimum atomic E-state index is -1.40. The van der Waals surface area contributed by atoms with Gasteiger partial charge in [-0.15, -0.1) is 0 Å². The van der Waals surface area contributed by atoms with E-state index in [1.54, 1.807) is 36.4 Å². The van der Waals surface area contributed by atoms with Gasteiger partial charge in [-0.3, -0.25) is 5.32 Å². The molecule has 0 aliphatic rings. The summed E-state index contributed by atoms with van der Waals surface area (Å²) in [5.41, 5.74) is 0.465. The number of hydrogen-bond acceptors (Lipinski definition) is 4. The first-order chi connectivity index (χ1) is 10.1. The molecule has 0 saturated heterocycles. The van der Waals surface area contributed by atoms with Crippen LogP contribution in [0.5, 0.6) is 0 Å². The topological polar surface area (TPSA) is 96.6 Å². The van der Waals surface area contributed by atoms with Gasteiger partial charge in [0.15, 0.2) is 16.5 Å². The largest absolute Gasteiger partial charge is 0.465 e. The Morgan fingerprint density at radius 3 is 2.67 bits per heavy atom. The lowest BCUT2D eigenvalue weighted by Gasteiger charge is -2.01. The Morgan fingerprint density at radius 1 is 1.19 bits per heavy atom. The van der Waals surface area contributed by atoms with Gasteiger partial charge >= 0.3 is 6.09 Å². The van der Waals surface area contributed by atoms with Crippen LogP contribution in [0.2, 0.25) is 0 Å². The Kier molecular flexibility index (Phi) is 3.36. The molecule has 1 aromatic carbocycles. The molecule has 3 aromatic rings. The lowest BCUT2D eigenvalue weighted by molar-refractivity contribution is 0.209. The molecule has 2 heterocycles. The van der Waals surface area contributed by atoms with Crippen molar-refractivity contribution in [2.75, 3.05) is 5.32 Å². The molecule has 1 atom stereocenters. The van der Waals surface area contributed by atoms with E-state index in [0.717, 1.165) is 0 Å². The van der Waals surface area contributed by atoms with Crippen LogP contribution in [0, 0.1) is 0 Å². The molecule has 0 aliphatic carbocycles. The highest BCUT2D eigenvalue weighted by molar-refractivity contribution is 7.85. The van der Waals surface area contributed by atoms with E-state index in [-0.39, 0.29) is 5.82 Å². The number of rotatable bonds is 3. The molecule has 0 saturated carbocycles. The highest BCUT2D eigenvalue weighted by atomic mass is 32.2. The number of imidazole rings is 1. The maximum atomic E-state index is 12.4. The summed E-state index contributed by atoms with van der Waals surface area (Å²) in [7, 11) is -1.40. The quantitative estimate of drug-likeness (QED) is 0.771. The predicted octanol–water partition coefficient (Wildman–Crippen LogP) is 1.99. The zero-order valence-electron chi connectivity index (χ0n) is 10.6. The maximum Gasteiger partial charge on any atom is 0.410 e. The number of fused-ring (bicyclic) bond motifs is 1. The van der Waals surface area contributed by atoms with Crippen LogP contribution in [0.4, 0.5) is 10.6 Å². The molecular formula is C13H10N4O3S. The van der Waals surface area contributed by atoms with E-state index < -0.39 is 16.9 Å². The monoisotopic (exact) mass is 302 g/mol. The van der Waals surface area contributed by atoms with Crippen LogP contribution in [0.3, 0.4) is 0 Å². The van der Waals surface area contributed by atoms with Crippen LogP contribution in [-0.2, 0) is 10.8 Å². The van der Waals surface area contributed by atoms with Crippen molar-refractivity contribution in [3.63, 3.8) is 0 Å². The maximum absolute atomic E-state index is 12.4. The van der Waals surface area contributed by atoms with Gasteiger partial charge in [0.2, 0.25) is 0 Å². The zero-order chi connectivity index (χ0) is 14.8. The van der Waals surface area contributed by atoms with Gasteiger partial charge in [0.05, 0.1) is 6.20 Å². The summed E-state index contributed by atoms with van der Waals surface area (Å²) in [5, 5.41) is 15.4. The molecule has 0 bridgehead atoms. The van der Waals surface area contributed by atoms with Crippen molar-refractivity contribution in [3.05, 3.63) is 48.7 Å². The van der Waals surface area contributed by atoms with Crippen LogP contribution in [0.25, 0.3) is 5.65 Å². The van der Waals surface area contributed by atoms with Gasteiger partial charge in [0.25, 0.3) is 0 Å². The summed E-state index contributed by atoms with van der Waals surface area (Å²) in [4.78, 5) is 15.3. The average molecular weight is 302 g/mol. The molecule has 8 heteroatoms. The number of benzene rings is 1. The zero-order valence-corrected chi connectivity index (χ0v) is 11.4. The van der Waals surface area contributed by atoms with Gasteiger partial charge in [0, 0.05) is 4.90 Å². The fourth-order valence-electron chi connectivity index (χ4n) is 1.80. The van der Waals surface area contributed by atoms with Crippen molar-refractivity contribution in [2.24, 2.45) is 0 Å². The van der Waals surface area contributed by atoms with E-state index in [9.17, 15) is 9.00 Å². The SMILES string of the molecule is O=C(O)Nc1cn2nc(S(=O)c3ccccc3)ccc2n1. The summed E-state index contributed by atoms with van der Waals surface area (Å²) >= 11 is 0. The first-order valence-corrected chi connectivity index (χ1v) is 7.12. The third-order valence-corrected chi connectivity index (χ3v) is 3.98. The summed E-state index contributed by atoms with van der Waals surface area (Å²) in [6.45, 7) is 0. The number of amides is 1. The van der Waals surface area contributed by atoms with E-state index in [4.69, 9.17) is 5.11 Å². The minimum Gasteiger partial charge on any atom is -0.465 e. The van der Waals surface area contributed by atoms with Crippen LogP contribution >= 0.6 is 0 Å². The highest BCUT2D eigenvalue weighted by Crippen LogP contribution is 2.15. The van der Waals surface area contributed by atoms with Gasteiger partial charge in [-0.25, -0.2) is 18.5 Å². The molecule has 0 aliphatic heterocycles. The van der Waals surface area contributed by atoms with Crippen LogP contribution in [0.1, 0.15) is 0 Å². The molecule has 0 fully saturated rings. The van der Waals surface area contributed by atoms with Crippen molar-refractivity contribution in [1.82, 2.24) is 14.6 Å². The van der Waals surface area contributed by atoms with E-state index >= 15 is 0 Å². The number of carbonyl (C=O) groups is 1. The van der Waals surface area contributed by atoms with Crippen LogP contribution in [-0.4, -0.2) is 30.0 Å². The van der Waals surface area contributed by atoms with Crippen LogP contribution < -0.4 is 5.32 Å². The Bertz CT molecular complexity index is 832. The molecule has 1 amide bonds. The molecule has 21 heavy (non-hydrogen) atoms. The number of nitrogens with zero attached hydrogens (tertiary/aromatic N) is 3. The molecule has 0 spiro atoms. The molecular weight excluding hydrogens is 292 g/mol. The van der Waals surface area contributed by atoms with Crippen molar-refractivity contribution in [2.45, 2.75) is 9.92 Å². The predicted molar refractivity (Wildman–Crippen MR) is 75.8 cm³/mol. The second-order valence-corrected chi connectivity index (χ2v) is 5.54. The number of carboxylic acid groups (broad SMARTS) is 1. The fraction of sp³-hybridized carbons (Fsp3) is 0. The third kappa shape index (κ3) is 2.75. The van der Waals surface area contributed by atoms with E-state index in [2.05, 4.69) is 15.4 Å². The first-order valence-electron chi connectivity index (χ1n) is 5.97. The lowest BCUT2D eigenvalue weighted by atomic mass is 10.4.